The van der Waals surface area contributed by atoms with Gasteiger partial charge in [-0.25, -0.2) is 4.98 Å². The summed E-state index contributed by atoms with van der Waals surface area (Å²) in [5.74, 6) is 0.270. The van der Waals surface area contributed by atoms with Crippen LogP contribution in [0.3, 0.4) is 0 Å². The lowest BCUT2D eigenvalue weighted by molar-refractivity contribution is -0.384. The largest absolute Gasteiger partial charge is 0.381 e. The minimum absolute atomic E-state index is 0.0935. The van der Waals surface area contributed by atoms with E-state index in [-0.39, 0.29) is 22.6 Å². The Morgan fingerprint density at radius 2 is 2.24 bits per heavy atom. The van der Waals surface area contributed by atoms with E-state index in [2.05, 4.69) is 10.3 Å². The van der Waals surface area contributed by atoms with E-state index in [0.29, 0.717) is 13.2 Å². The lowest BCUT2D eigenvalue weighted by Gasteiger charge is -2.23. The van der Waals surface area contributed by atoms with E-state index in [1.807, 2.05) is 0 Å². The summed E-state index contributed by atoms with van der Waals surface area (Å²) in [6.45, 7) is 1.33. The second-order valence-electron chi connectivity index (χ2n) is 3.81. The summed E-state index contributed by atoms with van der Waals surface area (Å²) < 4.78 is 5.22. The molecule has 0 radical (unpaired) electrons. The van der Waals surface area contributed by atoms with Gasteiger partial charge in [0.1, 0.15) is 0 Å². The SMILES string of the molecule is O=[N+]([O-])c1cc(Cl)cnc1NC1CCOCC1. The number of nitrogens with one attached hydrogen (secondary N) is 1. The van der Waals surface area contributed by atoms with Crippen LogP contribution in [0.5, 0.6) is 0 Å². The van der Waals surface area contributed by atoms with Crippen LogP contribution >= 0.6 is 11.6 Å². The van der Waals surface area contributed by atoms with Crippen molar-refractivity contribution >= 4 is 23.1 Å². The Balaban J connectivity index is 2.16. The highest BCUT2D eigenvalue weighted by atomic mass is 35.5. The van der Waals surface area contributed by atoms with Gasteiger partial charge in [-0.05, 0) is 12.8 Å². The van der Waals surface area contributed by atoms with Gasteiger partial charge >= 0.3 is 5.69 Å². The minimum Gasteiger partial charge on any atom is -0.381 e. The number of nitro groups is 1. The molecule has 0 atom stereocenters. The number of anilines is 1. The fraction of sp³-hybridized carbons (Fsp3) is 0.500. The number of pyridine rings is 1. The van der Waals surface area contributed by atoms with Gasteiger partial charge in [-0.1, -0.05) is 11.6 Å². The first-order valence-electron chi connectivity index (χ1n) is 5.31. The molecule has 1 aromatic rings. The average molecular weight is 258 g/mol. The number of ether oxygens (including phenoxy) is 1. The third-order valence-corrected chi connectivity index (χ3v) is 2.80. The maximum absolute atomic E-state index is 10.9. The average Bonchev–Trinajstić information content (AvgIpc) is 2.32. The van der Waals surface area contributed by atoms with E-state index < -0.39 is 4.92 Å². The molecule has 0 amide bonds. The summed E-state index contributed by atoms with van der Waals surface area (Å²) in [4.78, 5) is 14.3. The number of hydrogen-bond acceptors (Lipinski definition) is 5. The Hall–Kier alpha value is -1.40. The van der Waals surface area contributed by atoms with Crippen molar-refractivity contribution in [1.82, 2.24) is 4.98 Å². The maximum atomic E-state index is 10.9. The molecule has 1 aliphatic heterocycles. The highest BCUT2D eigenvalue weighted by Gasteiger charge is 2.20. The van der Waals surface area contributed by atoms with E-state index in [1.165, 1.54) is 12.3 Å². The lowest BCUT2D eigenvalue weighted by Crippen LogP contribution is -2.28. The maximum Gasteiger partial charge on any atom is 0.312 e. The van der Waals surface area contributed by atoms with Crippen LogP contribution in [0.25, 0.3) is 0 Å². The summed E-state index contributed by atoms with van der Waals surface area (Å²) in [5.41, 5.74) is -0.0935. The minimum atomic E-state index is -0.486. The predicted octanol–water partition coefficient (Wildman–Crippen LogP) is 2.23. The van der Waals surface area contributed by atoms with Gasteiger partial charge in [0.2, 0.25) is 5.82 Å². The normalized spacial score (nSPS) is 16.8. The van der Waals surface area contributed by atoms with Crippen molar-refractivity contribution < 1.29 is 9.66 Å². The van der Waals surface area contributed by atoms with E-state index in [4.69, 9.17) is 16.3 Å². The Morgan fingerprint density at radius 3 is 2.88 bits per heavy atom. The van der Waals surface area contributed by atoms with Crippen LogP contribution in [0.15, 0.2) is 12.3 Å². The van der Waals surface area contributed by atoms with Crippen LogP contribution in [-0.2, 0) is 4.74 Å². The first-order valence-corrected chi connectivity index (χ1v) is 5.69. The Labute approximate surface area is 103 Å². The van der Waals surface area contributed by atoms with Crippen LogP contribution in [0.2, 0.25) is 5.02 Å². The summed E-state index contributed by atoms with van der Waals surface area (Å²) in [6.07, 6.45) is 3.04. The van der Waals surface area contributed by atoms with Crippen molar-refractivity contribution in [2.24, 2.45) is 0 Å². The third-order valence-electron chi connectivity index (χ3n) is 2.59. The molecule has 2 heterocycles. The molecule has 0 saturated carbocycles. The van der Waals surface area contributed by atoms with Gasteiger partial charge in [-0.3, -0.25) is 10.1 Å². The summed E-state index contributed by atoms with van der Waals surface area (Å²) >= 11 is 5.69. The third kappa shape index (κ3) is 3.04. The summed E-state index contributed by atoms with van der Waals surface area (Å²) in [6, 6.07) is 1.46. The van der Waals surface area contributed by atoms with Crippen molar-refractivity contribution in [3.63, 3.8) is 0 Å². The lowest BCUT2D eigenvalue weighted by atomic mass is 10.1. The molecule has 6 nitrogen and oxygen atoms in total. The van der Waals surface area contributed by atoms with E-state index in [1.54, 1.807) is 0 Å². The fourth-order valence-electron chi connectivity index (χ4n) is 1.71. The van der Waals surface area contributed by atoms with Gasteiger partial charge in [-0.2, -0.15) is 0 Å². The highest BCUT2D eigenvalue weighted by Crippen LogP contribution is 2.26. The molecular weight excluding hydrogens is 246 g/mol. The van der Waals surface area contributed by atoms with Crippen molar-refractivity contribution in [1.29, 1.82) is 0 Å². The van der Waals surface area contributed by atoms with E-state index in [0.717, 1.165) is 12.8 Å². The van der Waals surface area contributed by atoms with Crippen LogP contribution in [0, 0.1) is 10.1 Å². The number of aromatic nitrogens is 1. The van der Waals surface area contributed by atoms with Gasteiger partial charge in [0, 0.05) is 31.5 Å². The summed E-state index contributed by atoms with van der Waals surface area (Å²) in [7, 11) is 0. The van der Waals surface area contributed by atoms with E-state index >= 15 is 0 Å². The highest BCUT2D eigenvalue weighted by molar-refractivity contribution is 6.30. The zero-order valence-electron chi connectivity index (χ0n) is 9.06. The van der Waals surface area contributed by atoms with Gasteiger partial charge in [0.15, 0.2) is 0 Å². The Kier molecular flexibility index (Phi) is 3.75. The van der Waals surface area contributed by atoms with Crippen molar-refractivity contribution in [3.8, 4) is 0 Å². The standard InChI is InChI=1S/C10H12ClN3O3/c11-7-5-9(14(15)16)10(12-6-7)13-8-1-3-17-4-2-8/h5-6,8H,1-4H2,(H,12,13). The molecule has 1 fully saturated rings. The molecule has 1 saturated heterocycles. The van der Waals surface area contributed by atoms with Gasteiger partial charge in [0.05, 0.1) is 9.95 Å². The first-order chi connectivity index (χ1) is 8.16. The van der Waals surface area contributed by atoms with Crippen LogP contribution in [-0.4, -0.2) is 29.2 Å². The quantitative estimate of drug-likeness (QED) is 0.664. The Morgan fingerprint density at radius 1 is 1.53 bits per heavy atom. The molecule has 1 N–H and O–H groups in total. The molecule has 0 unspecified atom stereocenters. The smallest absolute Gasteiger partial charge is 0.312 e. The van der Waals surface area contributed by atoms with Crippen LogP contribution in [0.1, 0.15) is 12.8 Å². The fourth-order valence-corrected chi connectivity index (χ4v) is 1.87. The molecule has 7 heteroatoms. The zero-order chi connectivity index (χ0) is 12.3. The van der Waals surface area contributed by atoms with Crippen LogP contribution < -0.4 is 5.32 Å². The van der Waals surface area contributed by atoms with E-state index in [9.17, 15) is 10.1 Å². The number of nitrogens with zero attached hydrogens (tertiary/aromatic N) is 2. The molecular formula is C10H12ClN3O3. The molecule has 1 aliphatic rings. The Bertz CT molecular complexity index is 421. The van der Waals surface area contributed by atoms with Crippen LogP contribution in [0.4, 0.5) is 11.5 Å². The number of halogens is 1. The topological polar surface area (TPSA) is 77.3 Å². The molecule has 17 heavy (non-hydrogen) atoms. The monoisotopic (exact) mass is 257 g/mol. The van der Waals surface area contributed by atoms with Gasteiger partial charge < -0.3 is 10.1 Å². The number of rotatable bonds is 3. The second kappa shape index (κ2) is 5.29. The van der Waals surface area contributed by atoms with Crippen molar-refractivity contribution in [2.75, 3.05) is 18.5 Å². The second-order valence-corrected chi connectivity index (χ2v) is 4.25. The van der Waals surface area contributed by atoms with Gasteiger partial charge in [-0.15, -0.1) is 0 Å². The van der Waals surface area contributed by atoms with Crippen molar-refractivity contribution in [3.05, 3.63) is 27.4 Å². The molecule has 0 aromatic carbocycles. The summed E-state index contributed by atoms with van der Waals surface area (Å²) in [5, 5.41) is 14.2. The first kappa shape index (κ1) is 12.1. The van der Waals surface area contributed by atoms with Crippen molar-refractivity contribution in [2.45, 2.75) is 18.9 Å². The molecule has 1 aromatic heterocycles. The zero-order valence-corrected chi connectivity index (χ0v) is 9.81. The molecule has 0 bridgehead atoms. The molecule has 0 spiro atoms. The molecule has 2 rings (SSSR count). The van der Waals surface area contributed by atoms with Gasteiger partial charge in [0.25, 0.3) is 0 Å². The molecule has 92 valence electrons. The number of hydrogen-bond donors (Lipinski definition) is 1. The molecule has 0 aliphatic carbocycles. The predicted molar refractivity (Wildman–Crippen MR) is 63.4 cm³/mol.